The van der Waals surface area contributed by atoms with Gasteiger partial charge in [-0.3, -0.25) is 14.6 Å². The molecule has 1 saturated carbocycles. The molecule has 6 heteroatoms. The number of hydrogen-bond donors (Lipinski definition) is 2. The van der Waals surface area contributed by atoms with E-state index in [2.05, 4.69) is 10.6 Å². The zero-order chi connectivity index (χ0) is 23.2. The average molecular weight is 448 g/mol. The van der Waals surface area contributed by atoms with Gasteiger partial charge in [0.15, 0.2) is 0 Å². The van der Waals surface area contributed by atoms with Gasteiger partial charge in [-0.2, -0.15) is 0 Å². The minimum Gasteiger partial charge on any atom is -0.356 e. The molecule has 3 aromatic rings. The van der Waals surface area contributed by atoms with Gasteiger partial charge in [0, 0.05) is 37.0 Å². The molecule has 0 bridgehead atoms. The minimum absolute atomic E-state index is 0.0354. The van der Waals surface area contributed by atoms with Gasteiger partial charge >= 0.3 is 0 Å². The van der Waals surface area contributed by atoms with Crippen LogP contribution in [0.4, 0.5) is 4.39 Å². The van der Waals surface area contributed by atoms with Crippen LogP contribution in [0.25, 0.3) is 10.9 Å². The summed E-state index contributed by atoms with van der Waals surface area (Å²) in [6.07, 6.45) is 4.67. The summed E-state index contributed by atoms with van der Waals surface area (Å²) in [7, 11) is 1.65. The number of amides is 2. The third kappa shape index (κ3) is 5.56. The first-order valence-corrected chi connectivity index (χ1v) is 11.7. The first kappa shape index (κ1) is 22.9. The molecule has 2 aromatic carbocycles. The van der Waals surface area contributed by atoms with Crippen LogP contribution in [0.1, 0.15) is 59.6 Å². The van der Waals surface area contributed by atoms with Gasteiger partial charge < -0.3 is 10.6 Å². The molecule has 33 heavy (non-hydrogen) atoms. The van der Waals surface area contributed by atoms with Gasteiger partial charge in [-0.05, 0) is 61.8 Å². The maximum atomic E-state index is 13.7. The number of nitrogens with zero attached hydrogens (tertiary/aromatic N) is 1. The van der Waals surface area contributed by atoms with Crippen molar-refractivity contribution < 1.29 is 14.0 Å². The van der Waals surface area contributed by atoms with Crippen molar-refractivity contribution in [2.24, 2.45) is 5.92 Å². The van der Waals surface area contributed by atoms with E-state index in [0.717, 1.165) is 42.3 Å². The lowest BCUT2D eigenvalue weighted by Crippen LogP contribution is -2.31. The first-order valence-electron chi connectivity index (χ1n) is 11.7. The van der Waals surface area contributed by atoms with Crippen molar-refractivity contribution in [1.29, 1.82) is 0 Å². The molecule has 0 aliphatic heterocycles. The molecule has 1 aliphatic rings. The largest absolute Gasteiger partial charge is 0.356 e. The highest BCUT2D eigenvalue weighted by atomic mass is 19.1. The first-order chi connectivity index (χ1) is 16.0. The Labute approximate surface area is 193 Å². The van der Waals surface area contributed by atoms with E-state index >= 15 is 0 Å². The van der Waals surface area contributed by atoms with Crippen LogP contribution in [0.2, 0.25) is 0 Å². The highest BCUT2D eigenvalue weighted by Gasteiger charge is 2.25. The number of nitrogens with one attached hydrogen (secondary N) is 2. The van der Waals surface area contributed by atoms with E-state index in [4.69, 9.17) is 4.98 Å². The molecule has 2 amide bonds. The second kappa shape index (κ2) is 10.6. The summed E-state index contributed by atoms with van der Waals surface area (Å²) in [4.78, 5) is 29.5. The molecule has 1 aromatic heterocycles. The number of rotatable bonds is 7. The van der Waals surface area contributed by atoms with Crippen LogP contribution in [0.15, 0.2) is 54.6 Å². The van der Waals surface area contributed by atoms with Crippen molar-refractivity contribution in [2.45, 2.75) is 44.4 Å². The zero-order valence-electron chi connectivity index (χ0n) is 18.9. The number of carbonyl (C=O) groups excluding carboxylic acids is 2. The molecule has 0 unspecified atom stereocenters. The van der Waals surface area contributed by atoms with E-state index in [-0.39, 0.29) is 17.6 Å². The number of para-hydroxylation sites is 1. The van der Waals surface area contributed by atoms with Crippen molar-refractivity contribution >= 4 is 22.7 Å². The van der Waals surface area contributed by atoms with Crippen LogP contribution >= 0.6 is 0 Å². The van der Waals surface area contributed by atoms with E-state index in [9.17, 15) is 14.0 Å². The maximum absolute atomic E-state index is 13.7. The molecule has 0 saturated heterocycles. The predicted molar refractivity (Wildman–Crippen MR) is 128 cm³/mol. The number of aromatic nitrogens is 1. The lowest BCUT2D eigenvalue weighted by molar-refractivity contribution is -0.121. The Bertz CT molecular complexity index is 1140. The Hall–Kier alpha value is -3.28. The summed E-state index contributed by atoms with van der Waals surface area (Å²) in [6, 6.07) is 16.3. The lowest BCUT2D eigenvalue weighted by atomic mass is 9.80. The molecule has 172 valence electrons. The van der Waals surface area contributed by atoms with E-state index in [0.29, 0.717) is 42.3 Å². The summed E-state index contributed by atoms with van der Waals surface area (Å²) in [5.41, 5.74) is 3.06. The molecule has 1 aliphatic carbocycles. The fraction of sp³-hybridized carbons (Fsp3) is 0.370. The molecule has 0 atom stereocenters. The van der Waals surface area contributed by atoms with Crippen molar-refractivity contribution in [2.75, 3.05) is 13.6 Å². The number of aryl methyl sites for hydroxylation is 1. The summed E-state index contributed by atoms with van der Waals surface area (Å²) in [5, 5.41) is 6.62. The Morgan fingerprint density at radius 3 is 2.52 bits per heavy atom. The number of fused-ring (bicyclic) bond motifs is 1. The Morgan fingerprint density at radius 2 is 1.76 bits per heavy atom. The Kier molecular flexibility index (Phi) is 7.33. The monoisotopic (exact) mass is 447 g/mol. The van der Waals surface area contributed by atoms with Crippen molar-refractivity contribution in [1.82, 2.24) is 15.6 Å². The molecule has 2 N–H and O–H groups in total. The summed E-state index contributed by atoms with van der Waals surface area (Å²) in [6.45, 7) is 0.650. The van der Waals surface area contributed by atoms with E-state index in [1.54, 1.807) is 25.2 Å². The van der Waals surface area contributed by atoms with Crippen LogP contribution < -0.4 is 10.6 Å². The normalized spacial score (nSPS) is 18.1. The van der Waals surface area contributed by atoms with Crippen LogP contribution in [-0.4, -0.2) is 30.4 Å². The summed E-state index contributed by atoms with van der Waals surface area (Å²) in [5.74, 6) is 0.350. The van der Waals surface area contributed by atoms with E-state index in [1.807, 2.05) is 30.3 Å². The number of pyridine rings is 1. The predicted octanol–water partition coefficient (Wildman–Crippen LogP) is 4.76. The quantitative estimate of drug-likeness (QED) is 0.549. The van der Waals surface area contributed by atoms with E-state index < -0.39 is 0 Å². The number of carbonyl (C=O) groups is 2. The number of halogens is 1. The van der Waals surface area contributed by atoms with Crippen LogP contribution in [0.5, 0.6) is 0 Å². The van der Waals surface area contributed by atoms with Crippen LogP contribution in [-0.2, 0) is 11.2 Å². The Balaban J connectivity index is 1.31. The molecule has 5 nitrogen and oxygen atoms in total. The standard InChI is InChI=1S/C27H30FN3O2/c1-29-27(33)22-16-25(31-24-9-5-3-7-21(22)24)20-12-10-18(11-13-20)17-30-26(32)15-14-19-6-2-4-8-23(19)28/h2-9,16,18,20H,10-15,17H2,1H3,(H,29,33)(H,30,32). The highest BCUT2D eigenvalue weighted by Crippen LogP contribution is 2.36. The van der Waals surface area contributed by atoms with Crippen LogP contribution in [0, 0.1) is 11.7 Å². The average Bonchev–Trinajstić information content (AvgIpc) is 2.86. The van der Waals surface area contributed by atoms with E-state index in [1.165, 1.54) is 6.07 Å². The molecule has 0 spiro atoms. The smallest absolute Gasteiger partial charge is 0.251 e. The van der Waals surface area contributed by atoms with Gasteiger partial charge in [0.1, 0.15) is 5.82 Å². The van der Waals surface area contributed by atoms with Crippen molar-refractivity contribution in [3.63, 3.8) is 0 Å². The van der Waals surface area contributed by atoms with Crippen molar-refractivity contribution in [3.8, 4) is 0 Å². The topological polar surface area (TPSA) is 71.1 Å². The zero-order valence-corrected chi connectivity index (χ0v) is 18.9. The molecule has 0 radical (unpaired) electrons. The fourth-order valence-electron chi connectivity index (χ4n) is 4.69. The number of hydrogen-bond acceptors (Lipinski definition) is 3. The van der Waals surface area contributed by atoms with Gasteiger partial charge in [0.2, 0.25) is 5.91 Å². The van der Waals surface area contributed by atoms with Gasteiger partial charge in [-0.1, -0.05) is 36.4 Å². The molecule has 1 heterocycles. The summed E-state index contributed by atoms with van der Waals surface area (Å²) < 4.78 is 13.7. The summed E-state index contributed by atoms with van der Waals surface area (Å²) >= 11 is 0. The highest BCUT2D eigenvalue weighted by molar-refractivity contribution is 6.06. The van der Waals surface area contributed by atoms with Crippen LogP contribution in [0.3, 0.4) is 0 Å². The second-order valence-electron chi connectivity index (χ2n) is 8.80. The van der Waals surface area contributed by atoms with Gasteiger partial charge in [0.05, 0.1) is 11.1 Å². The third-order valence-corrected chi connectivity index (χ3v) is 6.64. The van der Waals surface area contributed by atoms with Crippen molar-refractivity contribution in [3.05, 3.63) is 77.2 Å². The number of benzene rings is 2. The lowest BCUT2D eigenvalue weighted by Gasteiger charge is -2.28. The van der Waals surface area contributed by atoms with Gasteiger partial charge in [-0.15, -0.1) is 0 Å². The SMILES string of the molecule is CNC(=O)c1cc(C2CCC(CNC(=O)CCc3ccccc3F)CC2)nc2ccccc12. The second-order valence-corrected chi connectivity index (χ2v) is 8.80. The molecule has 1 fully saturated rings. The van der Waals surface area contributed by atoms with Gasteiger partial charge in [0.25, 0.3) is 5.91 Å². The molecular weight excluding hydrogens is 417 g/mol. The molecule has 4 rings (SSSR count). The fourth-order valence-corrected chi connectivity index (χ4v) is 4.69. The minimum atomic E-state index is -0.259. The molecular formula is C27H30FN3O2. The third-order valence-electron chi connectivity index (χ3n) is 6.64. The van der Waals surface area contributed by atoms with Gasteiger partial charge in [-0.25, -0.2) is 4.39 Å². The Morgan fingerprint density at radius 1 is 1.03 bits per heavy atom. The maximum Gasteiger partial charge on any atom is 0.251 e.